The molecule has 0 atom stereocenters. The number of rotatable bonds is 3. The lowest BCUT2D eigenvalue weighted by molar-refractivity contribution is 0.414. The maximum Gasteiger partial charge on any atom is 0.124 e. The van der Waals surface area contributed by atoms with Crippen molar-refractivity contribution in [1.29, 1.82) is 0 Å². The molecule has 0 aliphatic rings. The normalized spacial score (nSPS) is 10.4. The summed E-state index contributed by atoms with van der Waals surface area (Å²) in [5.74, 6) is 1.57. The smallest absolute Gasteiger partial charge is 0.124 e. The molecule has 0 saturated heterocycles. The van der Waals surface area contributed by atoms with Crippen molar-refractivity contribution in [2.75, 3.05) is 12.8 Å². The number of aryl methyl sites for hydroxylation is 1. The molecule has 4 heteroatoms. The second kappa shape index (κ2) is 4.26. The van der Waals surface area contributed by atoms with Crippen molar-refractivity contribution >= 4 is 5.82 Å². The molecule has 0 amide bonds. The molecule has 0 bridgehead atoms. The third-order valence-electron chi connectivity index (χ3n) is 2.59. The van der Waals surface area contributed by atoms with Crippen molar-refractivity contribution in [3.8, 4) is 5.75 Å². The van der Waals surface area contributed by atoms with E-state index < -0.39 is 0 Å². The molecule has 0 saturated carbocycles. The summed E-state index contributed by atoms with van der Waals surface area (Å²) in [5, 5.41) is 4.12. The van der Waals surface area contributed by atoms with E-state index >= 15 is 0 Å². The van der Waals surface area contributed by atoms with E-state index in [1.54, 1.807) is 18.0 Å². The Hall–Kier alpha value is -1.97. The van der Waals surface area contributed by atoms with Crippen LogP contribution in [0.1, 0.15) is 11.1 Å². The molecule has 4 nitrogen and oxygen atoms in total. The highest BCUT2D eigenvalue weighted by Gasteiger charge is 2.05. The molecule has 16 heavy (non-hydrogen) atoms. The minimum atomic E-state index is 0.711. The Kier molecular flexibility index (Phi) is 2.81. The van der Waals surface area contributed by atoms with Gasteiger partial charge in [-0.3, -0.25) is 4.68 Å². The topological polar surface area (TPSA) is 53.1 Å². The lowest BCUT2D eigenvalue weighted by Crippen LogP contribution is -2.00. The third kappa shape index (κ3) is 2.00. The summed E-state index contributed by atoms with van der Waals surface area (Å²) >= 11 is 0. The monoisotopic (exact) mass is 217 g/mol. The van der Waals surface area contributed by atoms with E-state index in [0.29, 0.717) is 5.82 Å². The zero-order chi connectivity index (χ0) is 11.5. The third-order valence-corrected chi connectivity index (χ3v) is 2.59. The van der Waals surface area contributed by atoms with Gasteiger partial charge in [0.1, 0.15) is 11.6 Å². The molecule has 1 heterocycles. The van der Waals surface area contributed by atoms with Crippen molar-refractivity contribution in [3.63, 3.8) is 0 Å². The van der Waals surface area contributed by atoms with Gasteiger partial charge in [0.15, 0.2) is 0 Å². The van der Waals surface area contributed by atoms with Crippen LogP contribution in [0.25, 0.3) is 0 Å². The summed E-state index contributed by atoms with van der Waals surface area (Å²) in [5.41, 5.74) is 8.09. The molecule has 1 aromatic heterocycles. The Balaban J connectivity index is 2.23. The summed E-state index contributed by atoms with van der Waals surface area (Å²) in [4.78, 5) is 0. The SMILES string of the molecule is COc1cccc(Cc2cnn(C)c2N)c1. The summed E-state index contributed by atoms with van der Waals surface area (Å²) in [7, 11) is 3.50. The van der Waals surface area contributed by atoms with Gasteiger partial charge in [0.25, 0.3) is 0 Å². The van der Waals surface area contributed by atoms with E-state index in [9.17, 15) is 0 Å². The molecule has 0 fully saturated rings. The number of methoxy groups -OCH3 is 1. The van der Waals surface area contributed by atoms with Crippen LogP contribution in [-0.2, 0) is 13.5 Å². The Bertz CT molecular complexity index is 491. The molecule has 0 aliphatic heterocycles. The van der Waals surface area contributed by atoms with Gasteiger partial charge in [-0.25, -0.2) is 0 Å². The van der Waals surface area contributed by atoms with Crippen molar-refractivity contribution in [2.45, 2.75) is 6.42 Å². The van der Waals surface area contributed by atoms with Gasteiger partial charge in [-0.1, -0.05) is 12.1 Å². The van der Waals surface area contributed by atoms with Gasteiger partial charge in [0, 0.05) is 19.0 Å². The van der Waals surface area contributed by atoms with Crippen LogP contribution in [-0.4, -0.2) is 16.9 Å². The zero-order valence-corrected chi connectivity index (χ0v) is 9.47. The molecule has 0 radical (unpaired) electrons. The molecular weight excluding hydrogens is 202 g/mol. The van der Waals surface area contributed by atoms with E-state index in [0.717, 1.165) is 17.7 Å². The van der Waals surface area contributed by atoms with Gasteiger partial charge in [0.2, 0.25) is 0 Å². The van der Waals surface area contributed by atoms with Gasteiger partial charge in [-0.15, -0.1) is 0 Å². The Morgan fingerprint density at radius 2 is 2.25 bits per heavy atom. The van der Waals surface area contributed by atoms with Crippen LogP contribution >= 0.6 is 0 Å². The molecule has 84 valence electrons. The first-order valence-electron chi connectivity index (χ1n) is 5.10. The zero-order valence-electron chi connectivity index (χ0n) is 9.47. The maximum atomic E-state index is 5.89. The highest BCUT2D eigenvalue weighted by Crippen LogP contribution is 2.18. The number of ether oxygens (including phenoxy) is 1. The predicted molar refractivity (Wildman–Crippen MR) is 63.4 cm³/mol. The van der Waals surface area contributed by atoms with Gasteiger partial charge in [-0.05, 0) is 17.7 Å². The molecule has 0 aliphatic carbocycles. The van der Waals surface area contributed by atoms with Crippen molar-refractivity contribution in [1.82, 2.24) is 9.78 Å². The van der Waals surface area contributed by atoms with Crippen LogP contribution in [0, 0.1) is 0 Å². The minimum Gasteiger partial charge on any atom is -0.497 e. The van der Waals surface area contributed by atoms with Gasteiger partial charge in [-0.2, -0.15) is 5.10 Å². The summed E-state index contributed by atoms with van der Waals surface area (Å²) in [6, 6.07) is 7.96. The number of hydrogen-bond donors (Lipinski definition) is 1. The van der Waals surface area contributed by atoms with E-state index in [1.165, 1.54) is 5.56 Å². The number of nitrogens with two attached hydrogens (primary N) is 1. The molecular formula is C12H15N3O. The fourth-order valence-electron chi connectivity index (χ4n) is 1.63. The van der Waals surface area contributed by atoms with Crippen LogP contribution in [0.4, 0.5) is 5.82 Å². The fraction of sp³-hybridized carbons (Fsp3) is 0.250. The molecule has 2 aromatic rings. The molecule has 2 rings (SSSR count). The van der Waals surface area contributed by atoms with Crippen molar-refractivity contribution in [3.05, 3.63) is 41.6 Å². The van der Waals surface area contributed by atoms with Crippen LogP contribution in [0.3, 0.4) is 0 Å². The Morgan fingerprint density at radius 1 is 1.44 bits per heavy atom. The molecule has 2 N–H and O–H groups in total. The van der Waals surface area contributed by atoms with E-state index in [-0.39, 0.29) is 0 Å². The van der Waals surface area contributed by atoms with E-state index in [1.807, 2.05) is 25.2 Å². The minimum absolute atomic E-state index is 0.711. The number of nitrogen functional groups attached to an aromatic ring is 1. The maximum absolute atomic E-state index is 5.89. The quantitative estimate of drug-likeness (QED) is 0.849. The average molecular weight is 217 g/mol. The lowest BCUT2D eigenvalue weighted by Gasteiger charge is -2.04. The summed E-state index contributed by atoms with van der Waals surface area (Å²) < 4.78 is 6.85. The largest absolute Gasteiger partial charge is 0.497 e. The van der Waals surface area contributed by atoms with Gasteiger partial charge >= 0.3 is 0 Å². The Labute approximate surface area is 94.6 Å². The van der Waals surface area contributed by atoms with Crippen LogP contribution in [0.15, 0.2) is 30.5 Å². The van der Waals surface area contributed by atoms with Gasteiger partial charge in [0.05, 0.1) is 13.3 Å². The molecule has 0 spiro atoms. The Morgan fingerprint density at radius 3 is 2.88 bits per heavy atom. The van der Waals surface area contributed by atoms with Crippen molar-refractivity contribution in [2.24, 2.45) is 7.05 Å². The average Bonchev–Trinajstić information content (AvgIpc) is 2.61. The fourth-order valence-corrected chi connectivity index (χ4v) is 1.63. The number of benzene rings is 1. The van der Waals surface area contributed by atoms with Crippen molar-refractivity contribution < 1.29 is 4.74 Å². The summed E-state index contributed by atoms with van der Waals surface area (Å²) in [6.07, 6.45) is 2.58. The van der Waals surface area contributed by atoms with Crippen LogP contribution in [0.5, 0.6) is 5.75 Å². The highest BCUT2D eigenvalue weighted by molar-refractivity contribution is 5.42. The lowest BCUT2D eigenvalue weighted by atomic mass is 10.1. The second-order valence-electron chi connectivity index (χ2n) is 3.71. The predicted octanol–water partition coefficient (Wildman–Crippen LogP) is 1.60. The molecule has 1 aromatic carbocycles. The first-order valence-corrected chi connectivity index (χ1v) is 5.10. The van der Waals surface area contributed by atoms with E-state index in [2.05, 4.69) is 11.2 Å². The van der Waals surface area contributed by atoms with Gasteiger partial charge < -0.3 is 10.5 Å². The van der Waals surface area contributed by atoms with E-state index in [4.69, 9.17) is 10.5 Å². The number of nitrogens with zero attached hydrogens (tertiary/aromatic N) is 2. The standard InChI is InChI=1S/C12H15N3O/c1-15-12(13)10(8-14-15)6-9-4-3-5-11(7-9)16-2/h3-5,7-8H,6,13H2,1-2H3. The highest BCUT2D eigenvalue weighted by atomic mass is 16.5. The number of hydrogen-bond acceptors (Lipinski definition) is 3. The first kappa shape index (κ1) is 10.5. The second-order valence-corrected chi connectivity index (χ2v) is 3.71. The number of aromatic nitrogens is 2. The molecule has 0 unspecified atom stereocenters. The first-order chi connectivity index (χ1) is 7.70. The summed E-state index contributed by atoms with van der Waals surface area (Å²) in [6.45, 7) is 0. The van der Waals surface area contributed by atoms with Crippen LogP contribution < -0.4 is 10.5 Å². The van der Waals surface area contributed by atoms with Crippen LogP contribution in [0.2, 0.25) is 0 Å². The number of anilines is 1.